The number of rotatable bonds is 3. The Balaban J connectivity index is 2.62. The molecule has 0 fully saturated rings. The first-order valence-electron chi connectivity index (χ1n) is 6.12. The summed E-state index contributed by atoms with van der Waals surface area (Å²) in [4.78, 5) is 10.4. The highest BCUT2D eigenvalue weighted by atomic mass is 16.6. The molecule has 0 spiro atoms. The number of allylic oxidation sites excluding steroid dienone is 2. The third-order valence-electron chi connectivity index (χ3n) is 3.32. The molecule has 3 N–H and O–H groups in total. The molecule has 1 aliphatic heterocycles. The van der Waals surface area contributed by atoms with Gasteiger partial charge in [-0.1, -0.05) is 12.1 Å². The second-order valence-corrected chi connectivity index (χ2v) is 4.52. The Labute approximate surface area is 120 Å². The van der Waals surface area contributed by atoms with Gasteiger partial charge < -0.3 is 15.6 Å². The third kappa shape index (κ3) is 2.57. The lowest BCUT2D eigenvalue weighted by atomic mass is 9.83. The molecule has 0 aromatic heterocycles. The molecule has 1 aliphatic rings. The van der Waals surface area contributed by atoms with Gasteiger partial charge in [0.2, 0.25) is 5.88 Å². The van der Waals surface area contributed by atoms with Crippen molar-refractivity contribution in [1.82, 2.24) is 0 Å². The summed E-state index contributed by atoms with van der Waals surface area (Å²) in [6, 6.07) is 7.85. The number of nitriles is 1. The summed E-state index contributed by atoms with van der Waals surface area (Å²) >= 11 is 0. The average molecular weight is 287 g/mol. The van der Waals surface area contributed by atoms with Crippen molar-refractivity contribution in [2.75, 3.05) is 6.61 Å². The first-order chi connectivity index (χ1) is 9.99. The molecule has 7 nitrogen and oxygen atoms in total. The van der Waals surface area contributed by atoms with E-state index in [2.05, 4.69) is 0 Å². The first-order valence-corrected chi connectivity index (χ1v) is 6.12. The number of nitro benzene ring substituents is 1. The first kappa shape index (κ1) is 14.6. The molecule has 1 atom stereocenters. The molecule has 0 saturated carbocycles. The smallest absolute Gasteiger partial charge is 0.269 e. The molecule has 1 heterocycles. The number of aliphatic hydroxyl groups is 1. The Morgan fingerprint density at radius 1 is 1.57 bits per heavy atom. The molecule has 1 aromatic carbocycles. The zero-order valence-electron chi connectivity index (χ0n) is 11.2. The van der Waals surface area contributed by atoms with Crippen molar-refractivity contribution in [3.8, 4) is 6.07 Å². The van der Waals surface area contributed by atoms with Gasteiger partial charge in [0.15, 0.2) is 0 Å². The highest BCUT2D eigenvalue weighted by Gasteiger charge is 2.31. The zero-order valence-corrected chi connectivity index (χ0v) is 11.2. The van der Waals surface area contributed by atoms with Gasteiger partial charge in [0, 0.05) is 17.7 Å². The molecule has 0 saturated heterocycles. The van der Waals surface area contributed by atoms with Gasteiger partial charge in [-0.15, -0.1) is 0 Å². The van der Waals surface area contributed by atoms with Gasteiger partial charge in [-0.05, 0) is 12.5 Å². The maximum Gasteiger partial charge on any atom is 0.269 e. The summed E-state index contributed by atoms with van der Waals surface area (Å²) in [6.45, 7) is 1.29. The lowest BCUT2D eigenvalue weighted by molar-refractivity contribution is -0.384. The lowest BCUT2D eigenvalue weighted by Gasteiger charge is -2.26. The molecular weight excluding hydrogens is 274 g/mol. The van der Waals surface area contributed by atoms with Crippen LogP contribution in [-0.2, 0) is 4.74 Å². The van der Waals surface area contributed by atoms with E-state index < -0.39 is 10.8 Å². The van der Waals surface area contributed by atoms with E-state index in [0.29, 0.717) is 16.9 Å². The Kier molecular flexibility index (Phi) is 3.91. The monoisotopic (exact) mass is 287 g/mol. The minimum absolute atomic E-state index is 0.0521. The van der Waals surface area contributed by atoms with Crippen LogP contribution in [0.3, 0.4) is 0 Å². The van der Waals surface area contributed by atoms with Crippen LogP contribution in [0.1, 0.15) is 18.4 Å². The van der Waals surface area contributed by atoms with Gasteiger partial charge in [0.05, 0.1) is 17.4 Å². The molecule has 0 bridgehead atoms. The Bertz CT molecular complexity index is 700. The molecular formula is C14H13N3O4. The van der Waals surface area contributed by atoms with E-state index >= 15 is 0 Å². The summed E-state index contributed by atoms with van der Waals surface area (Å²) < 4.78 is 5.24. The minimum Gasteiger partial charge on any atom is -0.445 e. The van der Waals surface area contributed by atoms with Crippen LogP contribution in [0.4, 0.5) is 5.69 Å². The second kappa shape index (κ2) is 5.64. The standard InChI is InChI=1S/C14H13N3O4/c1-8-12(7-18)13(11(6-15)14(16)21-8)9-3-2-4-10(5-9)17(19)20/h2-5,13,18H,7,16H2,1H3/t13-/m1/s1. The number of ether oxygens (including phenoxy) is 1. The Hall–Kier alpha value is -2.85. The van der Waals surface area contributed by atoms with Crippen LogP contribution >= 0.6 is 0 Å². The van der Waals surface area contributed by atoms with E-state index in [9.17, 15) is 20.5 Å². The molecule has 108 valence electrons. The van der Waals surface area contributed by atoms with E-state index in [1.54, 1.807) is 13.0 Å². The van der Waals surface area contributed by atoms with E-state index in [4.69, 9.17) is 10.5 Å². The van der Waals surface area contributed by atoms with E-state index in [1.807, 2.05) is 6.07 Å². The average Bonchev–Trinajstić information content (AvgIpc) is 2.46. The van der Waals surface area contributed by atoms with Gasteiger partial charge in [-0.3, -0.25) is 10.1 Å². The van der Waals surface area contributed by atoms with E-state index in [1.165, 1.54) is 18.2 Å². The highest BCUT2D eigenvalue weighted by molar-refractivity contribution is 5.51. The Morgan fingerprint density at radius 2 is 2.29 bits per heavy atom. The van der Waals surface area contributed by atoms with Crippen molar-refractivity contribution in [3.63, 3.8) is 0 Å². The lowest BCUT2D eigenvalue weighted by Crippen LogP contribution is -2.21. The molecule has 21 heavy (non-hydrogen) atoms. The second-order valence-electron chi connectivity index (χ2n) is 4.52. The van der Waals surface area contributed by atoms with Crippen LogP contribution in [0.15, 0.2) is 47.1 Å². The normalized spacial score (nSPS) is 18.2. The highest BCUT2D eigenvalue weighted by Crippen LogP contribution is 2.39. The van der Waals surface area contributed by atoms with Crippen molar-refractivity contribution < 1.29 is 14.8 Å². The number of hydrogen-bond acceptors (Lipinski definition) is 6. The van der Waals surface area contributed by atoms with Crippen LogP contribution in [0.2, 0.25) is 0 Å². The SMILES string of the molecule is CC1=C(CO)[C@H](c2cccc([N+](=O)[O-])c2)C(C#N)=C(N)O1. The summed E-state index contributed by atoms with van der Waals surface area (Å²) in [5.41, 5.74) is 6.71. The van der Waals surface area contributed by atoms with Gasteiger partial charge in [0.25, 0.3) is 5.69 Å². The minimum atomic E-state index is -0.645. The number of non-ortho nitro benzene ring substituents is 1. The molecule has 0 unspecified atom stereocenters. The fraction of sp³-hybridized carbons (Fsp3) is 0.214. The van der Waals surface area contributed by atoms with Crippen molar-refractivity contribution in [1.29, 1.82) is 5.26 Å². The van der Waals surface area contributed by atoms with Crippen molar-refractivity contribution in [3.05, 3.63) is 62.7 Å². The van der Waals surface area contributed by atoms with Crippen LogP contribution in [0.5, 0.6) is 0 Å². The summed E-state index contributed by atoms with van der Waals surface area (Å²) in [5.74, 6) is -0.303. The summed E-state index contributed by atoms with van der Waals surface area (Å²) in [7, 11) is 0. The van der Waals surface area contributed by atoms with Crippen LogP contribution in [0, 0.1) is 21.4 Å². The van der Waals surface area contributed by atoms with Gasteiger partial charge in [-0.2, -0.15) is 5.26 Å². The summed E-state index contributed by atoms with van der Waals surface area (Å²) in [6.07, 6.45) is 0. The van der Waals surface area contributed by atoms with E-state index in [0.717, 1.165) is 0 Å². The maximum absolute atomic E-state index is 10.9. The predicted molar refractivity (Wildman–Crippen MR) is 73.5 cm³/mol. The zero-order chi connectivity index (χ0) is 15.6. The van der Waals surface area contributed by atoms with Gasteiger partial charge >= 0.3 is 0 Å². The fourth-order valence-electron chi connectivity index (χ4n) is 2.31. The third-order valence-corrected chi connectivity index (χ3v) is 3.32. The number of nitrogens with two attached hydrogens (primary N) is 1. The van der Waals surface area contributed by atoms with Crippen molar-refractivity contribution in [2.24, 2.45) is 5.73 Å². The maximum atomic E-state index is 10.9. The summed E-state index contributed by atoms with van der Waals surface area (Å²) in [5, 5.41) is 29.7. The quantitative estimate of drug-likeness (QED) is 0.644. The van der Waals surface area contributed by atoms with Crippen LogP contribution in [-0.4, -0.2) is 16.6 Å². The number of nitro groups is 1. The van der Waals surface area contributed by atoms with Crippen LogP contribution < -0.4 is 5.73 Å². The molecule has 0 amide bonds. The fourth-order valence-corrected chi connectivity index (χ4v) is 2.31. The van der Waals surface area contributed by atoms with Crippen molar-refractivity contribution >= 4 is 5.69 Å². The molecule has 7 heteroatoms. The van der Waals surface area contributed by atoms with Gasteiger partial charge in [-0.25, -0.2) is 0 Å². The number of nitrogens with zero attached hydrogens (tertiary/aromatic N) is 2. The van der Waals surface area contributed by atoms with Gasteiger partial charge in [0.1, 0.15) is 17.4 Å². The number of aliphatic hydroxyl groups excluding tert-OH is 1. The molecule has 0 aliphatic carbocycles. The number of benzene rings is 1. The predicted octanol–water partition coefficient (Wildman–Crippen LogP) is 1.67. The number of hydrogen-bond donors (Lipinski definition) is 2. The molecule has 2 rings (SSSR count). The van der Waals surface area contributed by atoms with E-state index in [-0.39, 0.29) is 23.8 Å². The topological polar surface area (TPSA) is 122 Å². The van der Waals surface area contributed by atoms with Crippen molar-refractivity contribution in [2.45, 2.75) is 12.8 Å². The largest absolute Gasteiger partial charge is 0.445 e. The van der Waals surface area contributed by atoms with Crippen LogP contribution in [0.25, 0.3) is 0 Å². The molecule has 0 radical (unpaired) electrons. The molecule has 1 aromatic rings. The Morgan fingerprint density at radius 3 is 2.86 bits per heavy atom.